The molecule has 2 aromatic rings. The van der Waals surface area contributed by atoms with E-state index in [1.807, 2.05) is 6.92 Å². The van der Waals surface area contributed by atoms with Gasteiger partial charge in [-0.3, -0.25) is 4.79 Å². The van der Waals surface area contributed by atoms with E-state index in [-0.39, 0.29) is 5.97 Å². The topological polar surface area (TPSA) is 82.0 Å². The van der Waals surface area contributed by atoms with E-state index in [0.717, 1.165) is 30.5 Å². The molecule has 0 aliphatic carbocycles. The summed E-state index contributed by atoms with van der Waals surface area (Å²) in [5, 5.41) is 0. The van der Waals surface area contributed by atoms with Crippen LogP contribution in [0, 0.1) is 13.8 Å². The zero-order valence-corrected chi connectivity index (χ0v) is 17.5. The summed E-state index contributed by atoms with van der Waals surface area (Å²) < 4.78 is 7.52. The number of thiazole rings is 1. The molecular weight excluding hydrogens is 360 g/mol. The SMILES string of the molecule is CCCCCCCC(=O)OCCc1sc[n+](Cc2cnc(C)nc2N)c1C. The zero-order valence-electron chi connectivity index (χ0n) is 16.7. The number of rotatable bonds is 11. The molecule has 0 radical (unpaired) electrons. The van der Waals surface area contributed by atoms with E-state index in [1.165, 1.54) is 24.1 Å². The van der Waals surface area contributed by atoms with E-state index in [1.54, 1.807) is 17.5 Å². The first-order valence-electron chi connectivity index (χ1n) is 9.71. The second-order valence-corrected chi connectivity index (χ2v) is 7.76. The van der Waals surface area contributed by atoms with Crippen LogP contribution in [0.4, 0.5) is 5.82 Å². The third kappa shape index (κ3) is 6.90. The van der Waals surface area contributed by atoms with Crippen LogP contribution in [0.1, 0.15) is 67.4 Å². The Labute approximate surface area is 165 Å². The van der Waals surface area contributed by atoms with E-state index >= 15 is 0 Å². The predicted octanol–water partition coefficient (Wildman–Crippen LogP) is 3.52. The molecule has 7 heteroatoms. The predicted molar refractivity (Wildman–Crippen MR) is 108 cm³/mol. The Morgan fingerprint density at radius 3 is 2.78 bits per heavy atom. The number of nitrogen functional groups attached to an aromatic ring is 1. The number of nitrogens with two attached hydrogens (primary N) is 1. The van der Waals surface area contributed by atoms with Gasteiger partial charge in [-0.15, -0.1) is 0 Å². The van der Waals surface area contributed by atoms with E-state index in [2.05, 4.69) is 33.9 Å². The Morgan fingerprint density at radius 2 is 2.04 bits per heavy atom. The molecule has 0 bridgehead atoms. The van der Waals surface area contributed by atoms with Crippen LogP contribution in [0.2, 0.25) is 0 Å². The number of anilines is 1. The highest BCUT2D eigenvalue weighted by atomic mass is 32.1. The van der Waals surface area contributed by atoms with Gasteiger partial charge in [0.05, 0.1) is 17.0 Å². The first-order chi connectivity index (χ1) is 13.0. The van der Waals surface area contributed by atoms with Gasteiger partial charge in [-0.1, -0.05) is 43.9 Å². The minimum atomic E-state index is -0.0850. The fourth-order valence-electron chi connectivity index (χ4n) is 2.87. The van der Waals surface area contributed by atoms with Crippen LogP contribution in [-0.2, 0) is 22.5 Å². The molecule has 2 heterocycles. The van der Waals surface area contributed by atoms with Crippen molar-refractivity contribution in [2.75, 3.05) is 12.3 Å². The van der Waals surface area contributed by atoms with Gasteiger partial charge in [0.1, 0.15) is 11.6 Å². The van der Waals surface area contributed by atoms with Gasteiger partial charge in [-0.25, -0.2) is 9.97 Å². The molecule has 0 saturated carbocycles. The summed E-state index contributed by atoms with van der Waals surface area (Å²) in [4.78, 5) is 21.5. The number of carbonyl (C=O) groups excluding carboxylic acids is 1. The average Bonchev–Trinajstić information content (AvgIpc) is 2.97. The number of ether oxygens (including phenoxy) is 1. The fraction of sp³-hybridized carbons (Fsp3) is 0.600. The lowest BCUT2D eigenvalue weighted by atomic mass is 10.1. The molecule has 27 heavy (non-hydrogen) atoms. The number of nitrogens with zero attached hydrogens (tertiary/aromatic N) is 3. The minimum Gasteiger partial charge on any atom is -0.465 e. The average molecular weight is 392 g/mol. The van der Waals surface area contributed by atoms with Crippen molar-refractivity contribution >= 4 is 23.1 Å². The van der Waals surface area contributed by atoms with Crippen molar-refractivity contribution in [3.05, 3.63) is 33.7 Å². The van der Waals surface area contributed by atoms with Crippen LogP contribution in [0.3, 0.4) is 0 Å². The highest BCUT2D eigenvalue weighted by Gasteiger charge is 2.18. The molecular formula is C20H31N4O2S+. The second kappa shape index (κ2) is 11.0. The van der Waals surface area contributed by atoms with Crippen molar-refractivity contribution in [2.24, 2.45) is 0 Å². The van der Waals surface area contributed by atoms with Gasteiger partial charge in [-0.2, -0.15) is 4.57 Å². The Balaban J connectivity index is 1.77. The Hall–Kier alpha value is -2.02. The third-order valence-corrected chi connectivity index (χ3v) is 5.74. The molecule has 0 spiro atoms. The molecule has 0 amide bonds. The van der Waals surface area contributed by atoms with Crippen LogP contribution in [-0.4, -0.2) is 22.5 Å². The molecule has 0 aromatic carbocycles. The Bertz CT molecular complexity index is 746. The lowest BCUT2D eigenvalue weighted by molar-refractivity contribution is -0.689. The molecule has 2 rings (SSSR count). The number of unbranched alkanes of at least 4 members (excludes halogenated alkanes) is 4. The van der Waals surface area contributed by atoms with Crippen molar-refractivity contribution < 1.29 is 14.1 Å². The van der Waals surface area contributed by atoms with Gasteiger partial charge in [0.25, 0.3) is 0 Å². The number of hydrogen-bond acceptors (Lipinski definition) is 6. The summed E-state index contributed by atoms with van der Waals surface area (Å²) in [7, 11) is 0. The Morgan fingerprint density at radius 1 is 1.26 bits per heavy atom. The van der Waals surface area contributed by atoms with Gasteiger partial charge < -0.3 is 10.5 Å². The van der Waals surface area contributed by atoms with E-state index < -0.39 is 0 Å². The van der Waals surface area contributed by atoms with Gasteiger partial charge in [0.15, 0.2) is 12.2 Å². The number of aromatic nitrogens is 3. The maximum Gasteiger partial charge on any atom is 0.305 e. The number of aryl methyl sites for hydroxylation is 1. The third-order valence-electron chi connectivity index (χ3n) is 4.59. The first-order valence-corrected chi connectivity index (χ1v) is 10.6. The van der Waals surface area contributed by atoms with Gasteiger partial charge in [-0.05, 0) is 13.3 Å². The molecule has 2 aromatic heterocycles. The summed E-state index contributed by atoms with van der Waals surface area (Å²) in [5.74, 6) is 1.12. The van der Waals surface area contributed by atoms with Crippen molar-refractivity contribution in [2.45, 2.75) is 72.3 Å². The molecule has 0 saturated heterocycles. The van der Waals surface area contributed by atoms with Crippen LogP contribution in [0.25, 0.3) is 0 Å². The lowest BCUT2D eigenvalue weighted by Crippen LogP contribution is -2.35. The molecule has 2 N–H and O–H groups in total. The zero-order chi connectivity index (χ0) is 19.6. The minimum absolute atomic E-state index is 0.0850. The van der Waals surface area contributed by atoms with Gasteiger partial charge in [0.2, 0.25) is 5.51 Å². The van der Waals surface area contributed by atoms with Crippen LogP contribution in [0.5, 0.6) is 0 Å². The largest absolute Gasteiger partial charge is 0.465 e. The Kier molecular flexibility index (Phi) is 8.64. The highest BCUT2D eigenvalue weighted by molar-refractivity contribution is 7.09. The maximum atomic E-state index is 11.8. The van der Waals surface area contributed by atoms with E-state index in [4.69, 9.17) is 10.5 Å². The van der Waals surface area contributed by atoms with E-state index in [0.29, 0.717) is 31.2 Å². The molecule has 0 aliphatic heterocycles. The van der Waals surface area contributed by atoms with Crippen molar-refractivity contribution in [3.63, 3.8) is 0 Å². The van der Waals surface area contributed by atoms with Crippen molar-refractivity contribution in [1.82, 2.24) is 9.97 Å². The summed E-state index contributed by atoms with van der Waals surface area (Å²) in [5.41, 5.74) is 10.1. The fourth-order valence-corrected chi connectivity index (χ4v) is 3.84. The monoisotopic (exact) mass is 391 g/mol. The summed E-state index contributed by atoms with van der Waals surface area (Å²) >= 11 is 1.67. The molecule has 6 nitrogen and oxygen atoms in total. The summed E-state index contributed by atoms with van der Waals surface area (Å²) in [6, 6.07) is 0. The molecule has 0 aliphatic rings. The number of esters is 1. The van der Waals surface area contributed by atoms with Gasteiger partial charge in [0, 0.05) is 26.0 Å². The van der Waals surface area contributed by atoms with Crippen LogP contribution in [0.15, 0.2) is 11.7 Å². The smallest absolute Gasteiger partial charge is 0.305 e. The molecule has 148 valence electrons. The summed E-state index contributed by atoms with van der Waals surface area (Å²) in [6.07, 6.45) is 8.75. The maximum absolute atomic E-state index is 11.8. The number of hydrogen-bond donors (Lipinski definition) is 1. The molecule has 0 atom stereocenters. The summed E-state index contributed by atoms with van der Waals surface area (Å²) in [6.45, 7) is 7.17. The number of carbonyl (C=O) groups is 1. The van der Waals surface area contributed by atoms with Crippen molar-refractivity contribution in [3.8, 4) is 0 Å². The van der Waals surface area contributed by atoms with Gasteiger partial charge >= 0.3 is 5.97 Å². The van der Waals surface area contributed by atoms with Crippen molar-refractivity contribution in [1.29, 1.82) is 0 Å². The second-order valence-electron chi connectivity index (χ2n) is 6.82. The van der Waals surface area contributed by atoms with Crippen LogP contribution >= 0.6 is 11.3 Å². The standard InChI is InChI=1S/C20H31N4O2S/c1-4-5-6-7-8-9-19(25)26-11-10-18-15(2)24(14-27-18)13-17-12-22-16(3)23-20(17)21/h12,14H,4-11,13H2,1-3H3,(H2,21,22,23)/q+1. The molecule has 0 unspecified atom stereocenters. The van der Waals surface area contributed by atoms with E-state index in [9.17, 15) is 4.79 Å². The normalized spacial score (nSPS) is 10.9. The first kappa shape index (κ1) is 21.3. The lowest BCUT2D eigenvalue weighted by Gasteiger charge is -2.04. The molecule has 0 fully saturated rings. The quantitative estimate of drug-likeness (QED) is 0.360. The van der Waals surface area contributed by atoms with Crippen LogP contribution < -0.4 is 10.3 Å². The highest BCUT2D eigenvalue weighted by Crippen LogP contribution is 2.14.